The van der Waals surface area contributed by atoms with Gasteiger partial charge in [0.15, 0.2) is 0 Å². The number of hydrogen-bond donors (Lipinski definition) is 5. The Balaban J connectivity index is 2.47. The van der Waals surface area contributed by atoms with E-state index in [1.807, 2.05) is 0 Å². The highest BCUT2D eigenvalue weighted by Gasteiger charge is 2.26. The molecule has 1 aromatic rings. The van der Waals surface area contributed by atoms with Gasteiger partial charge in [-0.3, -0.25) is 19.2 Å². The van der Waals surface area contributed by atoms with Gasteiger partial charge in [-0.05, 0) is 59.3 Å². The van der Waals surface area contributed by atoms with E-state index in [1.165, 1.54) is 0 Å². The predicted molar refractivity (Wildman–Crippen MR) is 143 cm³/mol. The van der Waals surface area contributed by atoms with Crippen LogP contribution < -0.4 is 27.0 Å². The molecular formula is C25H36BrN5O6. The third-order valence-electron chi connectivity index (χ3n) is 5.23. The van der Waals surface area contributed by atoms with Crippen LogP contribution in [-0.2, 0) is 30.5 Å². The number of carbonyl (C=O) groups excluding carboxylic acids is 5. The van der Waals surface area contributed by atoms with E-state index in [1.54, 1.807) is 45.0 Å². The number of anilines is 1. The number of amides is 5. The summed E-state index contributed by atoms with van der Waals surface area (Å²) in [5, 5.41) is 10.8. The van der Waals surface area contributed by atoms with E-state index in [-0.39, 0.29) is 35.2 Å². The molecule has 0 spiro atoms. The number of nitrogens with two attached hydrogens (primary N) is 1. The number of rotatable bonds is 15. The van der Waals surface area contributed by atoms with Crippen LogP contribution in [0.2, 0.25) is 0 Å². The lowest BCUT2D eigenvalue weighted by atomic mass is 10.0. The number of nitrogens with one attached hydrogen (secondary N) is 4. The van der Waals surface area contributed by atoms with Gasteiger partial charge in [0.25, 0.3) is 5.91 Å². The zero-order valence-corrected chi connectivity index (χ0v) is 23.0. The average molecular weight is 582 g/mol. The minimum atomic E-state index is -0.877. The van der Waals surface area contributed by atoms with Gasteiger partial charge in [-0.15, -0.1) is 0 Å². The number of primary amides is 1. The van der Waals surface area contributed by atoms with E-state index in [9.17, 15) is 24.0 Å². The van der Waals surface area contributed by atoms with Crippen molar-refractivity contribution in [2.24, 2.45) is 11.7 Å². The fourth-order valence-electron chi connectivity index (χ4n) is 3.12. The van der Waals surface area contributed by atoms with Crippen molar-refractivity contribution in [2.45, 2.75) is 65.1 Å². The summed E-state index contributed by atoms with van der Waals surface area (Å²) in [5.41, 5.74) is 6.13. The molecule has 0 saturated carbocycles. The monoisotopic (exact) mass is 581 g/mol. The summed E-state index contributed by atoms with van der Waals surface area (Å²) in [6, 6.07) is 4.96. The average Bonchev–Trinajstić information content (AvgIpc) is 2.83. The SMILES string of the molecule is C=C(Br)C(=O)NCCCCCC(=O)N[C@H](C(=O)N[C@@H](C)C(=O)Nc1ccc(COC(N)=O)cc1)C(C)C. The maximum atomic E-state index is 12.8. The summed E-state index contributed by atoms with van der Waals surface area (Å²) < 4.78 is 4.97. The van der Waals surface area contributed by atoms with Gasteiger partial charge >= 0.3 is 6.09 Å². The van der Waals surface area contributed by atoms with E-state index in [0.717, 1.165) is 6.42 Å². The Morgan fingerprint density at radius 1 is 0.973 bits per heavy atom. The Bertz CT molecular complexity index is 967. The first kappa shape index (κ1) is 31.6. The molecule has 0 bridgehead atoms. The van der Waals surface area contributed by atoms with Gasteiger partial charge in [0.05, 0.1) is 4.48 Å². The Morgan fingerprint density at radius 2 is 1.62 bits per heavy atom. The summed E-state index contributed by atoms with van der Waals surface area (Å²) in [5.74, 6) is -1.61. The smallest absolute Gasteiger partial charge is 0.404 e. The zero-order valence-electron chi connectivity index (χ0n) is 21.4. The molecule has 0 aliphatic carbocycles. The minimum absolute atomic E-state index is 0.0183. The fraction of sp³-hybridized carbons (Fsp3) is 0.480. The maximum Gasteiger partial charge on any atom is 0.404 e. The summed E-state index contributed by atoms with van der Waals surface area (Å²) in [4.78, 5) is 59.8. The molecule has 0 radical (unpaired) electrons. The molecule has 0 saturated heterocycles. The van der Waals surface area contributed by atoms with Crippen LogP contribution in [0.15, 0.2) is 35.3 Å². The van der Waals surface area contributed by atoms with E-state index in [2.05, 4.69) is 43.8 Å². The second-order valence-electron chi connectivity index (χ2n) is 8.78. The molecule has 204 valence electrons. The van der Waals surface area contributed by atoms with Gasteiger partial charge in [-0.2, -0.15) is 0 Å². The third kappa shape index (κ3) is 12.9. The molecule has 1 aromatic carbocycles. The minimum Gasteiger partial charge on any atom is -0.445 e. The van der Waals surface area contributed by atoms with Crippen molar-refractivity contribution in [3.05, 3.63) is 40.9 Å². The predicted octanol–water partition coefficient (Wildman–Crippen LogP) is 2.45. The van der Waals surface area contributed by atoms with Crippen molar-refractivity contribution >= 4 is 51.3 Å². The van der Waals surface area contributed by atoms with Crippen LogP contribution in [0.5, 0.6) is 0 Å². The Hall–Kier alpha value is -3.41. The largest absolute Gasteiger partial charge is 0.445 e. The van der Waals surface area contributed by atoms with Crippen LogP contribution in [-0.4, -0.2) is 48.4 Å². The number of unbranched alkanes of at least 4 members (excludes halogenated alkanes) is 2. The first-order valence-electron chi connectivity index (χ1n) is 11.9. The van der Waals surface area contributed by atoms with Crippen molar-refractivity contribution in [1.29, 1.82) is 0 Å². The van der Waals surface area contributed by atoms with E-state index in [0.29, 0.717) is 30.6 Å². The van der Waals surface area contributed by atoms with Gasteiger partial charge in [0.1, 0.15) is 18.7 Å². The molecule has 37 heavy (non-hydrogen) atoms. The Kier molecular flexibility index (Phi) is 14.0. The van der Waals surface area contributed by atoms with Crippen LogP contribution in [0.25, 0.3) is 0 Å². The number of ether oxygens (including phenoxy) is 1. The van der Waals surface area contributed by atoms with Crippen LogP contribution in [0.4, 0.5) is 10.5 Å². The van der Waals surface area contributed by atoms with Crippen LogP contribution >= 0.6 is 15.9 Å². The number of hydrogen-bond acceptors (Lipinski definition) is 6. The summed E-state index contributed by atoms with van der Waals surface area (Å²) in [6.07, 6.45) is 1.42. The first-order chi connectivity index (χ1) is 17.4. The van der Waals surface area contributed by atoms with Crippen molar-refractivity contribution in [2.75, 3.05) is 11.9 Å². The molecule has 6 N–H and O–H groups in total. The summed E-state index contributed by atoms with van der Waals surface area (Å²) in [6.45, 7) is 9.15. The van der Waals surface area contributed by atoms with E-state index < -0.39 is 30.0 Å². The standard InChI is InChI=1S/C25H36BrN5O6/c1-15(2)21(31-20(32)8-6-5-7-13-28-22(33)16(3)26)24(35)29-17(4)23(34)30-19-11-9-18(10-12-19)14-37-25(27)36/h9-12,15,17,21H,3,5-8,13-14H2,1-2,4H3,(H2,27,36)(H,28,33)(H,29,35)(H,30,34)(H,31,32)/t17-,21-/m0/s1. The van der Waals surface area contributed by atoms with Crippen molar-refractivity contribution in [1.82, 2.24) is 16.0 Å². The highest BCUT2D eigenvalue weighted by atomic mass is 79.9. The number of halogens is 1. The van der Waals surface area contributed by atoms with E-state index in [4.69, 9.17) is 10.5 Å². The maximum absolute atomic E-state index is 12.8. The molecule has 2 atom stereocenters. The van der Waals surface area contributed by atoms with Gasteiger partial charge < -0.3 is 31.7 Å². The van der Waals surface area contributed by atoms with Gasteiger partial charge in [-0.1, -0.05) is 39.0 Å². The second kappa shape index (κ2) is 16.4. The molecule has 12 heteroatoms. The van der Waals surface area contributed by atoms with Crippen LogP contribution in [0.1, 0.15) is 52.0 Å². The van der Waals surface area contributed by atoms with Gasteiger partial charge in [-0.25, -0.2) is 4.79 Å². The molecule has 5 amide bonds. The number of benzene rings is 1. The summed E-state index contributed by atoms with van der Waals surface area (Å²) >= 11 is 3.01. The first-order valence-corrected chi connectivity index (χ1v) is 12.7. The quantitative estimate of drug-likeness (QED) is 0.157. The normalized spacial score (nSPS) is 12.1. The Morgan fingerprint density at radius 3 is 2.19 bits per heavy atom. The molecule has 1 rings (SSSR count). The van der Waals surface area contributed by atoms with E-state index >= 15 is 0 Å². The molecule has 0 aliphatic rings. The van der Waals surface area contributed by atoms with Crippen molar-refractivity contribution in [3.8, 4) is 0 Å². The fourth-order valence-corrected chi connectivity index (χ4v) is 3.26. The van der Waals surface area contributed by atoms with Gasteiger partial charge in [0, 0.05) is 18.7 Å². The molecular weight excluding hydrogens is 546 g/mol. The molecule has 0 fully saturated rings. The Labute approximate surface area is 225 Å². The third-order valence-corrected chi connectivity index (χ3v) is 5.59. The lowest BCUT2D eigenvalue weighted by molar-refractivity contribution is -0.131. The molecule has 0 heterocycles. The molecule has 11 nitrogen and oxygen atoms in total. The zero-order chi connectivity index (χ0) is 28.0. The lowest BCUT2D eigenvalue weighted by Gasteiger charge is -2.24. The number of carbonyl (C=O) groups is 5. The topological polar surface area (TPSA) is 169 Å². The molecule has 0 unspecified atom stereocenters. The highest BCUT2D eigenvalue weighted by Crippen LogP contribution is 2.11. The van der Waals surface area contributed by atoms with Crippen LogP contribution in [0, 0.1) is 5.92 Å². The molecule has 0 aromatic heterocycles. The molecule has 0 aliphatic heterocycles. The second-order valence-corrected chi connectivity index (χ2v) is 9.74. The van der Waals surface area contributed by atoms with Crippen LogP contribution in [0.3, 0.4) is 0 Å². The van der Waals surface area contributed by atoms with Crippen molar-refractivity contribution < 1.29 is 28.7 Å². The summed E-state index contributed by atoms with van der Waals surface area (Å²) in [7, 11) is 0. The van der Waals surface area contributed by atoms with Crippen molar-refractivity contribution in [3.63, 3.8) is 0 Å². The lowest BCUT2D eigenvalue weighted by Crippen LogP contribution is -2.53. The highest BCUT2D eigenvalue weighted by molar-refractivity contribution is 9.12. The van der Waals surface area contributed by atoms with Gasteiger partial charge in [0.2, 0.25) is 17.7 Å².